The molecule has 3 N–H and O–H groups in total. The Balaban J connectivity index is 3.06. The number of carbonyl (C=O) groups is 1. The van der Waals surface area contributed by atoms with Gasteiger partial charge in [0.25, 0.3) is 5.69 Å². The first-order chi connectivity index (χ1) is 10.5. The third-order valence-corrected chi connectivity index (χ3v) is 4.23. The minimum absolute atomic E-state index is 0.0221. The lowest BCUT2D eigenvalue weighted by Crippen LogP contribution is -2.28. The lowest BCUT2D eigenvalue weighted by atomic mass is 10.0. The first-order valence-corrected chi connectivity index (χ1v) is 8.52. The van der Waals surface area contributed by atoms with Gasteiger partial charge in [-0.1, -0.05) is 0 Å². The van der Waals surface area contributed by atoms with Crippen LogP contribution in [-0.2, 0) is 14.6 Å². The number of carbonyl (C=O) groups excluding carboxylic acids is 1. The number of aliphatic hydroxyl groups is 2. The lowest BCUT2D eigenvalue weighted by Gasteiger charge is -2.18. The van der Waals surface area contributed by atoms with Gasteiger partial charge in [0.05, 0.1) is 21.5 Å². The molecule has 1 amide bonds. The molecule has 0 bridgehead atoms. The number of rotatable bonds is 7. The zero-order valence-corrected chi connectivity index (χ0v) is 13.4. The number of nitro groups is 1. The van der Waals surface area contributed by atoms with Crippen LogP contribution in [0.25, 0.3) is 0 Å². The molecule has 10 heteroatoms. The first kappa shape index (κ1) is 19.0. The number of hydrogen-bond acceptors (Lipinski definition) is 7. The second-order valence-electron chi connectivity index (χ2n) is 5.03. The van der Waals surface area contributed by atoms with Crippen molar-refractivity contribution in [1.82, 2.24) is 5.32 Å². The summed E-state index contributed by atoms with van der Waals surface area (Å²) in [6.07, 6.45) is -2.06. The van der Waals surface area contributed by atoms with Crippen LogP contribution < -0.4 is 5.32 Å². The van der Waals surface area contributed by atoms with Crippen molar-refractivity contribution in [3.63, 3.8) is 0 Å². The number of amides is 1. The van der Waals surface area contributed by atoms with E-state index < -0.39 is 32.7 Å². The molecule has 0 radical (unpaired) electrons. The van der Waals surface area contributed by atoms with Crippen molar-refractivity contribution in [1.29, 1.82) is 0 Å². The van der Waals surface area contributed by atoms with Crippen molar-refractivity contribution in [2.24, 2.45) is 0 Å². The van der Waals surface area contributed by atoms with E-state index in [0.29, 0.717) is 0 Å². The summed E-state index contributed by atoms with van der Waals surface area (Å²) in [6, 6.07) is 3.07. The topological polar surface area (TPSA) is 147 Å². The summed E-state index contributed by atoms with van der Waals surface area (Å²) < 4.78 is 22.9. The Morgan fingerprint density at radius 1 is 1.39 bits per heavy atom. The molecule has 2 atom stereocenters. The number of nitrogens with zero attached hydrogens (tertiary/aromatic N) is 1. The molecule has 0 aliphatic heterocycles. The number of hydrogen-bond donors (Lipinski definition) is 3. The molecule has 1 aromatic rings. The zero-order valence-electron chi connectivity index (χ0n) is 12.6. The summed E-state index contributed by atoms with van der Waals surface area (Å²) >= 11 is 0. The average Bonchev–Trinajstić information content (AvgIpc) is 2.44. The van der Waals surface area contributed by atoms with Crippen LogP contribution in [0.2, 0.25) is 0 Å². The van der Waals surface area contributed by atoms with Crippen molar-refractivity contribution in [2.75, 3.05) is 12.8 Å². The number of aliphatic hydroxyl groups excluding tert-OH is 2. The highest BCUT2D eigenvalue weighted by Gasteiger charge is 2.27. The summed E-state index contributed by atoms with van der Waals surface area (Å²) in [5.74, 6) is -0.310. The average molecular weight is 346 g/mol. The zero-order chi connectivity index (χ0) is 17.8. The molecule has 9 nitrogen and oxygen atoms in total. The van der Waals surface area contributed by atoms with Crippen molar-refractivity contribution >= 4 is 21.4 Å². The van der Waals surface area contributed by atoms with E-state index in [9.17, 15) is 33.5 Å². The van der Waals surface area contributed by atoms with E-state index >= 15 is 0 Å². The molecule has 1 aromatic carbocycles. The molecule has 0 aliphatic carbocycles. The van der Waals surface area contributed by atoms with E-state index in [1.165, 1.54) is 6.92 Å². The van der Waals surface area contributed by atoms with Gasteiger partial charge < -0.3 is 15.5 Å². The fourth-order valence-corrected chi connectivity index (χ4v) is 2.56. The summed E-state index contributed by atoms with van der Waals surface area (Å²) in [4.78, 5) is 20.7. The largest absolute Gasteiger partial charge is 0.390 e. The Bertz CT molecular complexity index is 702. The summed E-state index contributed by atoms with van der Waals surface area (Å²) in [7, 11) is -3.64. The van der Waals surface area contributed by atoms with E-state index in [1.54, 1.807) is 0 Å². The van der Waals surface area contributed by atoms with Crippen molar-refractivity contribution in [3.05, 3.63) is 33.9 Å². The first-order valence-electron chi connectivity index (χ1n) is 6.63. The highest BCUT2D eigenvalue weighted by molar-refractivity contribution is 7.90. The van der Waals surface area contributed by atoms with Crippen LogP contribution in [0.5, 0.6) is 0 Å². The van der Waals surface area contributed by atoms with Crippen LogP contribution in [0.4, 0.5) is 5.69 Å². The van der Waals surface area contributed by atoms with E-state index in [1.807, 2.05) is 0 Å². The van der Waals surface area contributed by atoms with Gasteiger partial charge in [0.15, 0.2) is 9.84 Å². The molecule has 0 spiro atoms. The Hall–Kier alpha value is -2.04. The van der Waals surface area contributed by atoms with Gasteiger partial charge in [0.1, 0.15) is 6.10 Å². The smallest absolute Gasteiger partial charge is 0.276 e. The highest BCUT2D eigenvalue weighted by Crippen LogP contribution is 2.30. The van der Waals surface area contributed by atoms with Crippen LogP contribution in [0.3, 0.4) is 0 Å². The molecular formula is C13H18N2O7S. The Morgan fingerprint density at radius 3 is 2.48 bits per heavy atom. The maximum atomic E-state index is 11.5. The van der Waals surface area contributed by atoms with Gasteiger partial charge in [-0.2, -0.15) is 0 Å². The molecule has 0 aromatic heterocycles. The number of nitrogens with one attached hydrogen (secondary N) is 1. The minimum atomic E-state index is -3.64. The molecule has 128 valence electrons. The van der Waals surface area contributed by atoms with Crippen LogP contribution in [0.1, 0.15) is 25.0 Å². The minimum Gasteiger partial charge on any atom is -0.390 e. The van der Waals surface area contributed by atoms with E-state index in [-0.39, 0.29) is 29.3 Å². The van der Waals surface area contributed by atoms with Gasteiger partial charge in [0.2, 0.25) is 5.91 Å². The second kappa shape index (κ2) is 7.49. The summed E-state index contributed by atoms with van der Waals surface area (Å²) in [5.41, 5.74) is -0.795. The molecular weight excluding hydrogens is 328 g/mol. The Kier molecular flexibility index (Phi) is 6.19. The maximum Gasteiger partial charge on any atom is 0.276 e. The van der Waals surface area contributed by atoms with Gasteiger partial charge in [-0.05, 0) is 18.6 Å². The molecule has 1 rings (SSSR count). The second-order valence-corrected chi connectivity index (χ2v) is 7.05. The molecule has 0 fully saturated rings. The third-order valence-electron chi connectivity index (χ3n) is 3.12. The fraction of sp³-hybridized carbons (Fsp3) is 0.462. The van der Waals surface area contributed by atoms with Crippen molar-refractivity contribution in [2.45, 2.75) is 30.4 Å². The predicted octanol–water partition coefficient (Wildman–Crippen LogP) is -0.0812. The van der Waals surface area contributed by atoms with Gasteiger partial charge in [-0.15, -0.1) is 0 Å². The van der Waals surface area contributed by atoms with Crippen molar-refractivity contribution in [3.8, 4) is 0 Å². The number of sulfone groups is 1. The van der Waals surface area contributed by atoms with E-state index in [2.05, 4.69) is 5.32 Å². The van der Waals surface area contributed by atoms with Crippen LogP contribution in [-0.4, -0.2) is 48.4 Å². The quantitative estimate of drug-likeness (QED) is 0.462. The van der Waals surface area contributed by atoms with Crippen LogP contribution in [0, 0.1) is 10.1 Å². The van der Waals surface area contributed by atoms with Gasteiger partial charge in [0, 0.05) is 25.8 Å². The Morgan fingerprint density at radius 2 is 2.00 bits per heavy atom. The molecule has 0 saturated heterocycles. The normalized spacial score (nSPS) is 14.1. The SMILES string of the molecule is CC(=O)NCCC(O)C(O)c1ccc(S(C)(=O)=O)cc1[N+](=O)[O-]. The molecule has 0 aliphatic rings. The Labute approximate surface area is 133 Å². The number of nitro benzene ring substituents is 1. The highest BCUT2D eigenvalue weighted by atomic mass is 32.2. The predicted molar refractivity (Wildman–Crippen MR) is 80.5 cm³/mol. The van der Waals surface area contributed by atoms with E-state index in [4.69, 9.17) is 0 Å². The fourth-order valence-electron chi connectivity index (χ4n) is 1.92. The third kappa shape index (κ3) is 5.27. The van der Waals surface area contributed by atoms with Crippen LogP contribution in [0.15, 0.2) is 23.1 Å². The van der Waals surface area contributed by atoms with Crippen molar-refractivity contribution < 1.29 is 28.3 Å². The van der Waals surface area contributed by atoms with E-state index in [0.717, 1.165) is 24.5 Å². The summed E-state index contributed by atoms with van der Waals surface area (Å²) in [6.45, 7) is 1.38. The monoisotopic (exact) mass is 346 g/mol. The molecule has 23 heavy (non-hydrogen) atoms. The molecule has 0 heterocycles. The van der Waals surface area contributed by atoms with Gasteiger partial charge in [-0.25, -0.2) is 8.42 Å². The molecule has 0 saturated carbocycles. The van der Waals surface area contributed by atoms with Gasteiger partial charge in [-0.3, -0.25) is 14.9 Å². The van der Waals surface area contributed by atoms with Gasteiger partial charge >= 0.3 is 0 Å². The summed E-state index contributed by atoms with van der Waals surface area (Å²) in [5, 5.41) is 33.5. The lowest BCUT2D eigenvalue weighted by molar-refractivity contribution is -0.386. The standard InChI is InChI=1S/C13H18N2O7S/c1-8(16)14-6-5-12(17)13(18)10-4-3-9(23(2,21)22)7-11(10)15(19)20/h3-4,7,12-13,17-18H,5-6H2,1-2H3,(H,14,16). The van der Waals surface area contributed by atoms with Crippen LogP contribution >= 0.6 is 0 Å². The number of benzene rings is 1. The maximum absolute atomic E-state index is 11.5. The molecule has 2 unspecified atom stereocenters.